The van der Waals surface area contributed by atoms with E-state index in [1.54, 1.807) is 0 Å². The summed E-state index contributed by atoms with van der Waals surface area (Å²) in [7, 11) is 0. The number of alkyl halides is 1. The number of ether oxygens (including phenoxy) is 3. The molecule has 2 fully saturated rings. The van der Waals surface area contributed by atoms with Crippen molar-refractivity contribution in [3.8, 4) is 0 Å². The zero-order valence-electron chi connectivity index (χ0n) is 7.62. The van der Waals surface area contributed by atoms with Crippen LogP contribution in [0.5, 0.6) is 0 Å². The Balaban J connectivity index is 2.16. The molecule has 2 rings (SSSR count). The smallest absolute Gasteiger partial charge is 0.204 e. The van der Waals surface area contributed by atoms with E-state index >= 15 is 0 Å². The molecule has 0 spiro atoms. The lowest BCUT2D eigenvalue weighted by atomic mass is 10.1. The molecular formula is C8H13IO4. The highest BCUT2D eigenvalue weighted by Gasteiger charge is 2.57. The predicted molar refractivity (Wildman–Crippen MR) is 53.6 cm³/mol. The Morgan fingerprint density at radius 3 is 2.77 bits per heavy atom. The highest BCUT2D eigenvalue weighted by molar-refractivity contribution is 14.1. The molecule has 0 aromatic heterocycles. The van der Waals surface area contributed by atoms with Crippen LogP contribution in [0.2, 0.25) is 0 Å². The normalized spacial score (nSPS) is 48.0. The van der Waals surface area contributed by atoms with Gasteiger partial charge < -0.3 is 19.3 Å². The quantitative estimate of drug-likeness (QED) is 0.571. The Bertz CT molecular complexity index is 220. The van der Waals surface area contributed by atoms with Gasteiger partial charge in [-0.25, -0.2) is 0 Å². The summed E-state index contributed by atoms with van der Waals surface area (Å²) in [5.74, 6) is -1.77. The molecule has 2 saturated heterocycles. The van der Waals surface area contributed by atoms with Gasteiger partial charge in [0.15, 0.2) is 5.79 Å². The summed E-state index contributed by atoms with van der Waals surface area (Å²) in [5.41, 5.74) is 0. The molecule has 0 saturated carbocycles. The van der Waals surface area contributed by atoms with Crippen molar-refractivity contribution in [2.45, 2.75) is 37.6 Å². The van der Waals surface area contributed by atoms with Crippen molar-refractivity contribution in [1.82, 2.24) is 0 Å². The maximum atomic E-state index is 9.97. The van der Waals surface area contributed by atoms with Crippen LogP contribution in [-0.4, -0.2) is 39.9 Å². The van der Waals surface area contributed by atoms with Gasteiger partial charge in [-0.15, -0.1) is 0 Å². The zero-order valence-corrected chi connectivity index (χ0v) is 9.78. The number of rotatable bonds is 1. The van der Waals surface area contributed by atoms with Gasteiger partial charge in [-0.2, -0.15) is 0 Å². The van der Waals surface area contributed by atoms with Gasteiger partial charge in [-0.1, -0.05) is 22.6 Å². The van der Waals surface area contributed by atoms with Crippen LogP contribution in [0.25, 0.3) is 0 Å². The molecule has 0 bridgehead atoms. The third kappa shape index (κ3) is 1.61. The largest absolute Gasteiger partial charge is 0.363 e. The highest BCUT2D eigenvalue weighted by Crippen LogP contribution is 2.40. The summed E-state index contributed by atoms with van der Waals surface area (Å²) in [6.07, 6.45) is -0.478. The van der Waals surface area contributed by atoms with Gasteiger partial charge in [0.2, 0.25) is 5.79 Å². The van der Waals surface area contributed by atoms with E-state index in [9.17, 15) is 5.11 Å². The standard InChI is InChI=1S/C8H13IO4/c1-7(2)12-5-3-11-8(10,4-9)6(5)13-7/h5-6,10H,3-4H2,1-2H3/t5-,6-,8+/m1/s1. The second kappa shape index (κ2) is 3.03. The molecular weight excluding hydrogens is 287 g/mol. The first kappa shape index (κ1) is 10.1. The average Bonchev–Trinajstić information content (AvgIpc) is 2.49. The zero-order chi connectivity index (χ0) is 9.69. The predicted octanol–water partition coefficient (Wildman–Crippen LogP) is 0.660. The Kier molecular flexibility index (Phi) is 2.35. The van der Waals surface area contributed by atoms with E-state index in [1.165, 1.54) is 0 Å². The molecule has 13 heavy (non-hydrogen) atoms. The fourth-order valence-corrected chi connectivity index (χ4v) is 2.42. The molecule has 0 unspecified atom stereocenters. The minimum absolute atomic E-state index is 0.130. The molecule has 1 N–H and O–H groups in total. The van der Waals surface area contributed by atoms with E-state index in [-0.39, 0.29) is 12.2 Å². The van der Waals surface area contributed by atoms with Crippen LogP contribution in [0.3, 0.4) is 0 Å². The van der Waals surface area contributed by atoms with Gasteiger partial charge in [0.25, 0.3) is 0 Å². The van der Waals surface area contributed by atoms with Crippen molar-refractivity contribution in [2.75, 3.05) is 11.0 Å². The van der Waals surface area contributed by atoms with Crippen LogP contribution >= 0.6 is 22.6 Å². The monoisotopic (exact) mass is 300 g/mol. The van der Waals surface area contributed by atoms with Crippen LogP contribution in [0.4, 0.5) is 0 Å². The summed E-state index contributed by atoms with van der Waals surface area (Å²) in [6, 6.07) is 0. The van der Waals surface area contributed by atoms with Crippen LogP contribution in [-0.2, 0) is 14.2 Å². The first-order valence-electron chi connectivity index (χ1n) is 4.25. The van der Waals surface area contributed by atoms with Crippen LogP contribution in [0, 0.1) is 0 Å². The summed E-state index contributed by atoms with van der Waals surface area (Å²) in [4.78, 5) is 0. The lowest BCUT2D eigenvalue weighted by molar-refractivity contribution is -0.247. The van der Waals surface area contributed by atoms with Gasteiger partial charge in [0.1, 0.15) is 12.2 Å². The van der Waals surface area contributed by atoms with Gasteiger partial charge in [0.05, 0.1) is 11.0 Å². The average molecular weight is 300 g/mol. The lowest BCUT2D eigenvalue weighted by Gasteiger charge is -2.27. The van der Waals surface area contributed by atoms with Gasteiger partial charge >= 0.3 is 0 Å². The van der Waals surface area contributed by atoms with E-state index < -0.39 is 11.6 Å². The maximum Gasteiger partial charge on any atom is 0.204 e. The Morgan fingerprint density at radius 2 is 2.15 bits per heavy atom. The second-order valence-corrected chi connectivity index (χ2v) is 4.65. The summed E-state index contributed by atoms with van der Waals surface area (Å²) in [6.45, 7) is 4.10. The molecule has 2 aliphatic heterocycles. The first-order valence-corrected chi connectivity index (χ1v) is 5.77. The topological polar surface area (TPSA) is 47.9 Å². The Morgan fingerprint density at radius 1 is 1.46 bits per heavy atom. The van der Waals surface area contributed by atoms with Gasteiger partial charge in [-0.3, -0.25) is 0 Å². The SMILES string of the molecule is CC1(C)O[C@@H]2[C@@H](CO[C@@]2(O)CI)O1. The van der Waals surface area contributed by atoms with Crippen molar-refractivity contribution in [2.24, 2.45) is 0 Å². The van der Waals surface area contributed by atoms with Crippen LogP contribution in [0.1, 0.15) is 13.8 Å². The first-order chi connectivity index (χ1) is 5.97. The summed E-state index contributed by atoms with van der Waals surface area (Å²) in [5, 5.41) is 9.97. The molecule has 0 amide bonds. The Hall–Kier alpha value is 0.570. The van der Waals surface area contributed by atoms with Crippen LogP contribution in [0.15, 0.2) is 0 Å². The number of hydrogen-bond donors (Lipinski definition) is 1. The van der Waals surface area contributed by atoms with Crippen molar-refractivity contribution in [3.05, 3.63) is 0 Å². The van der Waals surface area contributed by atoms with Crippen molar-refractivity contribution >= 4 is 22.6 Å². The van der Waals surface area contributed by atoms with Crippen molar-refractivity contribution < 1.29 is 19.3 Å². The minimum atomic E-state index is -1.17. The van der Waals surface area contributed by atoms with Gasteiger partial charge in [-0.05, 0) is 13.8 Å². The molecule has 4 nitrogen and oxygen atoms in total. The molecule has 0 aromatic carbocycles. The van der Waals surface area contributed by atoms with Gasteiger partial charge in [0, 0.05) is 0 Å². The lowest BCUT2D eigenvalue weighted by Crippen LogP contribution is -2.44. The molecule has 3 atom stereocenters. The van der Waals surface area contributed by atoms with E-state index in [4.69, 9.17) is 14.2 Å². The Labute approximate surface area is 90.7 Å². The third-order valence-corrected chi connectivity index (χ3v) is 3.41. The number of halogens is 1. The molecule has 5 heteroatoms. The summed E-state index contributed by atoms with van der Waals surface area (Å²) >= 11 is 2.08. The van der Waals surface area contributed by atoms with Crippen LogP contribution < -0.4 is 0 Å². The molecule has 0 aliphatic carbocycles. The minimum Gasteiger partial charge on any atom is -0.363 e. The summed E-state index contributed by atoms with van der Waals surface area (Å²) < 4.78 is 16.9. The fourth-order valence-electron chi connectivity index (χ4n) is 1.76. The number of hydrogen-bond acceptors (Lipinski definition) is 4. The van der Waals surface area contributed by atoms with E-state index in [2.05, 4.69) is 22.6 Å². The molecule has 2 aliphatic rings. The maximum absolute atomic E-state index is 9.97. The van der Waals surface area contributed by atoms with Crippen molar-refractivity contribution in [1.29, 1.82) is 0 Å². The molecule has 2 heterocycles. The second-order valence-electron chi connectivity index (χ2n) is 3.88. The highest BCUT2D eigenvalue weighted by atomic mass is 127. The van der Waals surface area contributed by atoms with E-state index in [0.717, 1.165) is 0 Å². The van der Waals surface area contributed by atoms with E-state index in [1.807, 2.05) is 13.8 Å². The third-order valence-electron chi connectivity index (χ3n) is 2.32. The number of aliphatic hydroxyl groups is 1. The fraction of sp³-hybridized carbons (Fsp3) is 1.00. The van der Waals surface area contributed by atoms with Crippen molar-refractivity contribution in [3.63, 3.8) is 0 Å². The number of fused-ring (bicyclic) bond motifs is 1. The molecule has 76 valence electrons. The molecule has 0 radical (unpaired) electrons. The molecule has 0 aromatic rings. The van der Waals surface area contributed by atoms with E-state index in [0.29, 0.717) is 11.0 Å².